The maximum Gasteiger partial charge on any atom is 0.335 e. The van der Waals surface area contributed by atoms with Crippen molar-refractivity contribution in [2.24, 2.45) is 0 Å². The van der Waals surface area contributed by atoms with Gasteiger partial charge >= 0.3 is 5.97 Å². The third-order valence-electron chi connectivity index (χ3n) is 1.93. The molecular formula is C12H14BrNO2. The molecule has 0 saturated carbocycles. The van der Waals surface area contributed by atoms with Gasteiger partial charge in [-0.05, 0) is 35.0 Å². The van der Waals surface area contributed by atoms with Gasteiger partial charge in [-0.2, -0.15) is 0 Å². The molecule has 0 saturated heterocycles. The number of hydrogen-bond donors (Lipinski definition) is 1. The minimum Gasteiger partial charge on any atom is -0.463 e. The Bertz CT molecular complexity index is 390. The molecule has 1 aromatic rings. The zero-order valence-corrected chi connectivity index (χ0v) is 10.7. The summed E-state index contributed by atoms with van der Waals surface area (Å²) in [6.45, 7) is 6.18. The van der Waals surface area contributed by atoms with E-state index in [0.29, 0.717) is 18.7 Å². The van der Waals surface area contributed by atoms with Crippen LogP contribution in [0.4, 0.5) is 5.69 Å². The number of carbonyl (C=O) groups excluding carboxylic acids is 1. The van der Waals surface area contributed by atoms with Gasteiger partial charge in [0.2, 0.25) is 0 Å². The lowest BCUT2D eigenvalue weighted by molar-refractivity contribution is -0.138. The summed E-state index contributed by atoms with van der Waals surface area (Å²) in [5.74, 6) is -0.359. The van der Waals surface area contributed by atoms with Gasteiger partial charge in [0.05, 0.1) is 6.61 Å². The first-order valence-corrected chi connectivity index (χ1v) is 5.77. The molecular weight excluding hydrogens is 270 g/mol. The minimum absolute atomic E-state index is 0.359. The molecule has 86 valence electrons. The highest BCUT2D eigenvalue weighted by atomic mass is 79.9. The lowest BCUT2D eigenvalue weighted by Crippen LogP contribution is -2.14. The molecule has 0 bridgehead atoms. The van der Waals surface area contributed by atoms with Crippen molar-refractivity contribution in [1.82, 2.24) is 0 Å². The summed E-state index contributed by atoms with van der Waals surface area (Å²) in [6.07, 6.45) is 0. The zero-order chi connectivity index (χ0) is 12.0. The van der Waals surface area contributed by atoms with E-state index in [2.05, 4.69) is 27.8 Å². The van der Waals surface area contributed by atoms with Gasteiger partial charge in [-0.15, -0.1) is 0 Å². The number of hydrogen-bond acceptors (Lipinski definition) is 3. The van der Waals surface area contributed by atoms with Crippen molar-refractivity contribution in [3.63, 3.8) is 0 Å². The van der Waals surface area contributed by atoms with E-state index in [1.54, 1.807) is 6.92 Å². The fourth-order valence-corrected chi connectivity index (χ4v) is 1.54. The van der Waals surface area contributed by atoms with Crippen LogP contribution in [-0.2, 0) is 9.53 Å². The highest BCUT2D eigenvalue weighted by Gasteiger charge is 2.07. The number of ether oxygens (including phenoxy) is 1. The van der Waals surface area contributed by atoms with Gasteiger partial charge in [0.25, 0.3) is 0 Å². The molecule has 1 N–H and O–H groups in total. The van der Waals surface area contributed by atoms with Crippen molar-refractivity contribution >= 4 is 27.6 Å². The maximum absolute atomic E-state index is 11.3. The molecule has 0 aliphatic heterocycles. The Morgan fingerprint density at radius 3 is 2.81 bits per heavy atom. The lowest BCUT2D eigenvalue weighted by Gasteiger charge is -2.09. The molecule has 1 rings (SSSR count). The number of rotatable bonds is 5. The molecule has 0 aromatic heterocycles. The van der Waals surface area contributed by atoms with Crippen LogP contribution in [0.5, 0.6) is 0 Å². The van der Waals surface area contributed by atoms with Crippen molar-refractivity contribution in [3.05, 3.63) is 40.9 Å². The molecule has 0 aliphatic carbocycles. The van der Waals surface area contributed by atoms with Crippen molar-refractivity contribution < 1.29 is 9.53 Å². The summed E-state index contributed by atoms with van der Waals surface area (Å²) in [6, 6.07) is 7.69. The van der Waals surface area contributed by atoms with Gasteiger partial charge < -0.3 is 10.1 Å². The second-order valence-electron chi connectivity index (χ2n) is 3.16. The van der Waals surface area contributed by atoms with Gasteiger partial charge in [-0.1, -0.05) is 18.7 Å². The molecule has 4 heteroatoms. The van der Waals surface area contributed by atoms with Crippen LogP contribution in [0.15, 0.2) is 40.9 Å². The molecule has 3 nitrogen and oxygen atoms in total. The minimum atomic E-state index is -0.359. The quantitative estimate of drug-likeness (QED) is 0.667. The second kappa shape index (κ2) is 6.33. The molecule has 0 radical (unpaired) electrons. The van der Waals surface area contributed by atoms with Gasteiger partial charge in [0.1, 0.15) is 0 Å². The predicted molar refractivity (Wildman–Crippen MR) is 68.4 cm³/mol. The van der Waals surface area contributed by atoms with Crippen LogP contribution in [0.2, 0.25) is 0 Å². The summed E-state index contributed by atoms with van der Waals surface area (Å²) in [7, 11) is 0. The average molecular weight is 284 g/mol. The van der Waals surface area contributed by atoms with E-state index < -0.39 is 0 Å². The summed E-state index contributed by atoms with van der Waals surface area (Å²) in [5, 5.41) is 3.10. The van der Waals surface area contributed by atoms with E-state index in [0.717, 1.165) is 10.2 Å². The number of carbonyl (C=O) groups is 1. The van der Waals surface area contributed by atoms with Crippen molar-refractivity contribution in [1.29, 1.82) is 0 Å². The topological polar surface area (TPSA) is 38.3 Å². The molecule has 0 heterocycles. The van der Waals surface area contributed by atoms with E-state index >= 15 is 0 Å². The van der Waals surface area contributed by atoms with Crippen molar-refractivity contribution in [3.8, 4) is 0 Å². The molecule has 0 unspecified atom stereocenters. The number of halogens is 1. The van der Waals surface area contributed by atoms with E-state index in [9.17, 15) is 4.79 Å². The highest BCUT2D eigenvalue weighted by molar-refractivity contribution is 9.10. The molecule has 0 amide bonds. The zero-order valence-electron chi connectivity index (χ0n) is 9.13. The van der Waals surface area contributed by atoms with Crippen LogP contribution >= 0.6 is 15.9 Å². The maximum atomic E-state index is 11.3. The van der Waals surface area contributed by atoms with Gasteiger partial charge in [0, 0.05) is 22.3 Å². The number of esters is 1. The molecule has 1 aromatic carbocycles. The predicted octanol–water partition coefficient (Wildman–Crippen LogP) is 2.98. The Kier molecular flexibility index (Phi) is 5.05. The molecule has 0 aliphatic rings. The Morgan fingerprint density at radius 1 is 1.50 bits per heavy atom. The number of para-hydroxylation sites is 1. The van der Waals surface area contributed by atoms with Crippen LogP contribution in [0, 0.1) is 0 Å². The van der Waals surface area contributed by atoms with Crippen molar-refractivity contribution in [2.45, 2.75) is 6.92 Å². The standard InChI is InChI=1S/C12H14BrNO2/c1-3-16-12(15)9(2)8-14-11-7-5-4-6-10(11)13/h4-7,14H,2-3,8H2,1H3. The number of nitrogens with one attached hydrogen (secondary N) is 1. The molecule has 0 spiro atoms. The Labute approximate surface area is 104 Å². The molecule has 0 fully saturated rings. The SMILES string of the molecule is C=C(CNc1ccccc1Br)C(=O)OCC. The summed E-state index contributed by atoms with van der Waals surface area (Å²) in [5.41, 5.74) is 1.34. The normalized spacial score (nSPS) is 9.62. The molecule has 0 atom stereocenters. The highest BCUT2D eigenvalue weighted by Crippen LogP contribution is 2.21. The fourth-order valence-electron chi connectivity index (χ4n) is 1.11. The number of anilines is 1. The first kappa shape index (κ1) is 12.8. The largest absolute Gasteiger partial charge is 0.463 e. The average Bonchev–Trinajstić information content (AvgIpc) is 2.28. The van der Waals surface area contributed by atoms with E-state index in [1.165, 1.54) is 0 Å². The summed E-state index contributed by atoms with van der Waals surface area (Å²) in [4.78, 5) is 11.3. The lowest BCUT2D eigenvalue weighted by atomic mass is 10.2. The van der Waals surface area contributed by atoms with E-state index in [4.69, 9.17) is 4.74 Å². The van der Waals surface area contributed by atoms with Gasteiger partial charge in [0.15, 0.2) is 0 Å². The Morgan fingerprint density at radius 2 is 2.19 bits per heavy atom. The first-order chi connectivity index (χ1) is 7.65. The van der Waals surface area contributed by atoms with Crippen molar-refractivity contribution in [2.75, 3.05) is 18.5 Å². The summed E-state index contributed by atoms with van der Waals surface area (Å²) < 4.78 is 5.78. The fraction of sp³-hybridized carbons (Fsp3) is 0.250. The van der Waals surface area contributed by atoms with Crippen LogP contribution in [0.1, 0.15) is 6.92 Å². The third kappa shape index (κ3) is 3.70. The number of benzene rings is 1. The van der Waals surface area contributed by atoms with Crippen LogP contribution in [0.3, 0.4) is 0 Å². The first-order valence-electron chi connectivity index (χ1n) is 4.98. The van der Waals surface area contributed by atoms with Crippen LogP contribution in [0.25, 0.3) is 0 Å². The van der Waals surface area contributed by atoms with Crippen LogP contribution < -0.4 is 5.32 Å². The van der Waals surface area contributed by atoms with E-state index in [1.807, 2.05) is 24.3 Å². The Balaban J connectivity index is 2.49. The molecule has 16 heavy (non-hydrogen) atoms. The van der Waals surface area contributed by atoms with Gasteiger partial charge in [-0.25, -0.2) is 4.79 Å². The van der Waals surface area contributed by atoms with E-state index in [-0.39, 0.29) is 5.97 Å². The smallest absolute Gasteiger partial charge is 0.335 e. The Hall–Kier alpha value is -1.29. The third-order valence-corrected chi connectivity index (χ3v) is 2.62. The van der Waals surface area contributed by atoms with Crippen LogP contribution in [-0.4, -0.2) is 19.1 Å². The second-order valence-corrected chi connectivity index (χ2v) is 4.01. The van der Waals surface area contributed by atoms with Gasteiger partial charge in [-0.3, -0.25) is 0 Å². The monoisotopic (exact) mass is 283 g/mol. The summed E-state index contributed by atoms with van der Waals surface area (Å²) >= 11 is 3.41.